The maximum atomic E-state index is 5.93. The molecule has 0 bridgehead atoms. The molecule has 0 aromatic heterocycles. The van der Waals surface area contributed by atoms with Gasteiger partial charge in [0.1, 0.15) is 6.61 Å². The Hall–Kier alpha value is -1.65. The largest absolute Gasteiger partial charge is 0.475 e. The average Bonchev–Trinajstić information content (AvgIpc) is 3.05. The molecular formula is C19H25NO3. The Morgan fingerprint density at radius 3 is 2.52 bits per heavy atom. The summed E-state index contributed by atoms with van der Waals surface area (Å²) in [5, 5.41) is 0. The van der Waals surface area contributed by atoms with Gasteiger partial charge in [-0.15, -0.1) is 6.58 Å². The van der Waals surface area contributed by atoms with Crippen LogP contribution in [0.15, 0.2) is 41.9 Å². The van der Waals surface area contributed by atoms with Crippen LogP contribution in [0.4, 0.5) is 0 Å². The number of aliphatic imine (C=N–C) groups is 1. The molecule has 4 atom stereocenters. The van der Waals surface area contributed by atoms with Gasteiger partial charge in [0.05, 0.1) is 18.8 Å². The van der Waals surface area contributed by atoms with Gasteiger partial charge in [-0.1, -0.05) is 32.1 Å². The highest BCUT2D eigenvalue weighted by atomic mass is 16.7. The van der Waals surface area contributed by atoms with Gasteiger partial charge in [0, 0.05) is 17.0 Å². The Labute approximate surface area is 138 Å². The third-order valence-corrected chi connectivity index (χ3v) is 4.56. The van der Waals surface area contributed by atoms with Crippen molar-refractivity contribution in [3.8, 4) is 0 Å². The maximum Gasteiger partial charge on any atom is 0.216 e. The molecule has 1 saturated heterocycles. The monoisotopic (exact) mass is 315 g/mol. The van der Waals surface area contributed by atoms with Gasteiger partial charge in [0.2, 0.25) is 5.90 Å². The van der Waals surface area contributed by atoms with E-state index in [0.717, 1.165) is 17.0 Å². The van der Waals surface area contributed by atoms with Gasteiger partial charge in [-0.25, -0.2) is 4.99 Å². The van der Waals surface area contributed by atoms with Crippen molar-refractivity contribution in [2.24, 2.45) is 16.8 Å². The molecule has 0 spiro atoms. The first-order valence-corrected chi connectivity index (χ1v) is 8.29. The van der Waals surface area contributed by atoms with E-state index in [-0.39, 0.29) is 24.4 Å². The van der Waals surface area contributed by atoms with Crippen LogP contribution in [0, 0.1) is 11.8 Å². The number of benzene rings is 1. The minimum atomic E-state index is -0.315. The van der Waals surface area contributed by atoms with E-state index in [2.05, 4.69) is 32.3 Å². The van der Waals surface area contributed by atoms with E-state index in [1.165, 1.54) is 0 Å². The van der Waals surface area contributed by atoms with E-state index in [1.807, 2.05) is 30.3 Å². The normalized spacial score (nSPS) is 30.9. The second kappa shape index (κ2) is 6.85. The van der Waals surface area contributed by atoms with Crippen molar-refractivity contribution < 1.29 is 14.2 Å². The predicted octanol–water partition coefficient (Wildman–Crippen LogP) is 3.72. The van der Waals surface area contributed by atoms with Gasteiger partial charge in [0.25, 0.3) is 0 Å². The van der Waals surface area contributed by atoms with E-state index in [1.54, 1.807) is 0 Å². The number of hydrogen-bond acceptors (Lipinski definition) is 4. The summed E-state index contributed by atoms with van der Waals surface area (Å²) in [6.45, 7) is 11.5. The molecule has 0 aliphatic carbocycles. The van der Waals surface area contributed by atoms with Gasteiger partial charge in [-0.3, -0.25) is 0 Å². The Balaban J connectivity index is 1.68. The van der Waals surface area contributed by atoms with Crippen LogP contribution in [0.5, 0.6) is 0 Å². The highest BCUT2D eigenvalue weighted by Gasteiger charge is 2.28. The van der Waals surface area contributed by atoms with Crippen molar-refractivity contribution in [2.45, 2.75) is 39.2 Å². The van der Waals surface area contributed by atoms with E-state index >= 15 is 0 Å². The topological polar surface area (TPSA) is 40.0 Å². The molecule has 2 aliphatic rings. The average molecular weight is 315 g/mol. The molecule has 124 valence electrons. The van der Waals surface area contributed by atoms with Gasteiger partial charge in [0.15, 0.2) is 6.29 Å². The van der Waals surface area contributed by atoms with Crippen LogP contribution in [-0.4, -0.2) is 31.3 Å². The summed E-state index contributed by atoms with van der Waals surface area (Å²) in [7, 11) is 0. The number of hydrogen-bond donors (Lipinski definition) is 0. The summed E-state index contributed by atoms with van der Waals surface area (Å²) in [4.78, 5) is 4.65. The van der Waals surface area contributed by atoms with Gasteiger partial charge in [-0.2, -0.15) is 0 Å². The molecule has 0 unspecified atom stereocenters. The Kier molecular flexibility index (Phi) is 4.83. The zero-order chi connectivity index (χ0) is 16.4. The number of nitrogens with zero attached hydrogens (tertiary/aromatic N) is 1. The SMILES string of the molecule is C=C[C@H]1CO[C@H](c2ccc(C3=N[C@H](C(C)C)CO3)cc2)O[C@@H]1C. The fourth-order valence-corrected chi connectivity index (χ4v) is 2.78. The van der Waals surface area contributed by atoms with Crippen LogP contribution in [-0.2, 0) is 14.2 Å². The van der Waals surface area contributed by atoms with Crippen molar-refractivity contribution in [1.82, 2.24) is 0 Å². The van der Waals surface area contributed by atoms with Gasteiger partial charge >= 0.3 is 0 Å². The molecule has 2 heterocycles. The molecule has 0 radical (unpaired) electrons. The number of rotatable bonds is 4. The Bertz CT molecular complexity index is 579. The summed E-state index contributed by atoms with van der Waals surface area (Å²) in [5.74, 6) is 1.48. The van der Waals surface area contributed by atoms with Gasteiger partial charge < -0.3 is 14.2 Å². The standard InChI is InChI=1S/C19H25NO3/c1-5-14-10-22-19(23-13(14)4)16-8-6-15(7-9-16)18-20-17(11-21-18)12(2)3/h5-9,12-14,17,19H,1,10-11H2,2-4H3/t13-,14+,17+,19+/m1/s1. The van der Waals surface area contributed by atoms with Gasteiger partial charge in [-0.05, 0) is 25.0 Å². The fraction of sp³-hybridized carbons (Fsp3) is 0.526. The maximum absolute atomic E-state index is 5.93. The first kappa shape index (κ1) is 16.2. The lowest BCUT2D eigenvalue weighted by atomic mass is 10.0. The van der Waals surface area contributed by atoms with E-state index < -0.39 is 0 Å². The van der Waals surface area contributed by atoms with Crippen LogP contribution < -0.4 is 0 Å². The molecule has 1 aromatic rings. The van der Waals surface area contributed by atoms with Crippen molar-refractivity contribution in [3.05, 3.63) is 48.0 Å². The fourth-order valence-electron chi connectivity index (χ4n) is 2.78. The summed E-state index contributed by atoms with van der Waals surface area (Å²) in [6.07, 6.45) is 1.69. The quantitative estimate of drug-likeness (QED) is 0.795. The van der Waals surface area contributed by atoms with Crippen molar-refractivity contribution in [3.63, 3.8) is 0 Å². The van der Waals surface area contributed by atoms with Crippen LogP contribution in [0.25, 0.3) is 0 Å². The predicted molar refractivity (Wildman–Crippen MR) is 90.5 cm³/mol. The zero-order valence-electron chi connectivity index (χ0n) is 14.1. The van der Waals surface area contributed by atoms with E-state index in [9.17, 15) is 0 Å². The number of ether oxygens (including phenoxy) is 3. The highest BCUT2D eigenvalue weighted by Crippen LogP contribution is 2.30. The second-order valence-electron chi connectivity index (χ2n) is 6.58. The molecule has 23 heavy (non-hydrogen) atoms. The van der Waals surface area contributed by atoms with Crippen molar-refractivity contribution >= 4 is 5.90 Å². The molecule has 0 N–H and O–H groups in total. The lowest BCUT2D eigenvalue weighted by molar-refractivity contribution is -0.228. The second-order valence-corrected chi connectivity index (χ2v) is 6.58. The molecule has 0 amide bonds. The molecular weight excluding hydrogens is 290 g/mol. The smallest absolute Gasteiger partial charge is 0.216 e. The summed E-state index contributed by atoms with van der Waals surface area (Å²) < 4.78 is 17.5. The summed E-state index contributed by atoms with van der Waals surface area (Å²) in [5.41, 5.74) is 2.02. The molecule has 2 aliphatic heterocycles. The van der Waals surface area contributed by atoms with E-state index in [4.69, 9.17) is 14.2 Å². The molecule has 4 nitrogen and oxygen atoms in total. The lowest BCUT2D eigenvalue weighted by Crippen LogP contribution is -2.32. The molecule has 0 saturated carbocycles. The summed E-state index contributed by atoms with van der Waals surface area (Å²) in [6, 6.07) is 8.35. The zero-order valence-corrected chi connectivity index (χ0v) is 14.1. The van der Waals surface area contributed by atoms with Crippen LogP contribution >= 0.6 is 0 Å². The molecule has 1 aromatic carbocycles. The first-order chi connectivity index (χ1) is 11.1. The third kappa shape index (κ3) is 3.48. The van der Waals surface area contributed by atoms with Crippen molar-refractivity contribution in [2.75, 3.05) is 13.2 Å². The van der Waals surface area contributed by atoms with Crippen LogP contribution in [0.3, 0.4) is 0 Å². The minimum Gasteiger partial charge on any atom is -0.475 e. The molecule has 4 heteroatoms. The Morgan fingerprint density at radius 2 is 1.96 bits per heavy atom. The third-order valence-electron chi connectivity index (χ3n) is 4.56. The first-order valence-electron chi connectivity index (χ1n) is 8.29. The van der Waals surface area contributed by atoms with Crippen LogP contribution in [0.2, 0.25) is 0 Å². The van der Waals surface area contributed by atoms with Crippen LogP contribution in [0.1, 0.15) is 38.2 Å². The van der Waals surface area contributed by atoms with E-state index in [0.29, 0.717) is 19.1 Å². The molecule has 1 fully saturated rings. The minimum absolute atomic E-state index is 0.111. The highest BCUT2D eigenvalue weighted by molar-refractivity contribution is 5.95. The Morgan fingerprint density at radius 1 is 1.22 bits per heavy atom. The molecule has 3 rings (SSSR count). The lowest BCUT2D eigenvalue weighted by Gasteiger charge is -2.33. The van der Waals surface area contributed by atoms with Crippen molar-refractivity contribution in [1.29, 1.82) is 0 Å². The summed E-state index contributed by atoms with van der Waals surface area (Å²) >= 11 is 0.